The molecule has 0 spiro atoms. The molecule has 0 atom stereocenters. The van der Waals surface area contributed by atoms with Crippen molar-refractivity contribution in [2.45, 2.75) is 44.9 Å². The van der Waals surface area contributed by atoms with Gasteiger partial charge in [0.2, 0.25) is 0 Å². The van der Waals surface area contributed by atoms with Gasteiger partial charge in [0.1, 0.15) is 11.6 Å². The van der Waals surface area contributed by atoms with Gasteiger partial charge in [0.15, 0.2) is 0 Å². The second kappa shape index (κ2) is 5.33. The van der Waals surface area contributed by atoms with Crippen molar-refractivity contribution < 1.29 is 9.50 Å². The highest BCUT2D eigenvalue weighted by molar-refractivity contribution is 5.32. The Bertz CT molecular complexity index is 343. The summed E-state index contributed by atoms with van der Waals surface area (Å²) in [6.45, 7) is 0. The Hall–Kier alpha value is -1.05. The van der Waals surface area contributed by atoms with Crippen LogP contribution >= 0.6 is 0 Å². The van der Waals surface area contributed by atoms with Crippen LogP contribution in [0.3, 0.4) is 0 Å². The smallest absolute Gasteiger partial charge is 0.123 e. The van der Waals surface area contributed by atoms with Crippen LogP contribution in [0.4, 0.5) is 4.39 Å². The molecule has 1 N–H and O–H groups in total. The summed E-state index contributed by atoms with van der Waals surface area (Å²) in [6.07, 6.45) is 8.51. The van der Waals surface area contributed by atoms with Crippen LogP contribution < -0.4 is 0 Å². The van der Waals surface area contributed by atoms with E-state index in [4.69, 9.17) is 0 Å². The van der Waals surface area contributed by atoms with Gasteiger partial charge in [-0.3, -0.25) is 0 Å². The lowest BCUT2D eigenvalue weighted by Gasteiger charge is -2.21. The lowest BCUT2D eigenvalue weighted by Crippen LogP contribution is -2.07. The van der Waals surface area contributed by atoms with Gasteiger partial charge >= 0.3 is 0 Å². The van der Waals surface area contributed by atoms with Crippen LogP contribution in [0.1, 0.15) is 44.1 Å². The van der Waals surface area contributed by atoms with Crippen molar-refractivity contribution in [3.05, 3.63) is 29.6 Å². The van der Waals surface area contributed by atoms with Crippen molar-refractivity contribution in [3.63, 3.8) is 0 Å². The first-order valence-corrected chi connectivity index (χ1v) is 6.23. The standard InChI is InChI=1S/C14H19FO/c15-13-8-9-14(16)12(10-13)7-6-11-4-2-1-3-5-11/h8-11,16H,1-7H2. The fourth-order valence-electron chi connectivity index (χ4n) is 2.59. The molecular weight excluding hydrogens is 203 g/mol. The molecule has 0 bridgehead atoms. The molecule has 1 fully saturated rings. The normalized spacial score (nSPS) is 17.6. The molecular formula is C14H19FO. The van der Waals surface area contributed by atoms with E-state index in [0.29, 0.717) is 0 Å². The maximum absolute atomic E-state index is 13.0. The Kier molecular flexibility index (Phi) is 3.81. The van der Waals surface area contributed by atoms with Crippen molar-refractivity contribution >= 4 is 0 Å². The summed E-state index contributed by atoms with van der Waals surface area (Å²) in [4.78, 5) is 0. The Morgan fingerprint density at radius 1 is 1.19 bits per heavy atom. The van der Waals surface area contributed by atoms with Gasteiger partial charge < -0.3 is 5.11 Å². The van der Waals surface area contributed by atoms with Crippen LogP contribution in [0.5, 0.6) is 5.75 Å². The SMILES string of the molecule is Oc1ccc(F)cc1CCC1CCCCC1. The van der Waals surface area contributed by atoms with Crippen LogP contribution in [0, 0.1) is 11.7 Å². The highest BCUT2D eigenvalue weighted by Crippen LogP contribution is 2.29. The highest BCUT2D eigenvalue weighted by Gasteiger charge is 2.14. The molecule has 1 aliphatic rings. The van der Waals surface area contributed by atoms with Crippen LogP contribution in [0.15, 0.2) is 18.2 Å². The van der Waals surface area contributed by atoms with Gasteiger partial charge in [-0.25, -0.2) is 4.39 Å². The number of hydrogen-bond donors (Lipinski definition) is 1. The molecule has 2 heteroatoms. The minimum absolute atomic E-state index is 0.234. The molecule has 0 aromatic heterocycles. The van der Waals surface area contributed by atoms with Gasteiger partial charge in [0.05, 0.1) is 0 Å². The van der Waals surface area contributed by atoms with E-state index in [-0.39, 0.29) is 11.6 Å². The molecule has 0 saturated heterocycles. The zero-order valence-corrected chi connectivity index (χ0v) is 9.58. The molecule has 0 amide bonds. The van der Waals surface area contributed by atoms with Crippen LogP contribution in [0.2, 0.25) is 0 Å². The second-order valence-electron chi connectivity index (χ2n) is 4.82. The summed E-state index contributed by atoms with van der Waals surface area (Å²) in [5, 5.41) is 9.60. The fraction of sp³-hybridized carbons (Fsp3) is 0.571. The summed E-state index contributed by atoms with van der Waals surface area (Å²) >= 11 is 0. The van der Waals surface area contributed by atoms with Gasteiger partial charge in [0, 0.05) is 0 Å². The number of aromatic hydroxyl groups is 1. The predicted molar refractivity (Wildman–Crippen MR) is 63.0 cm³/mol. The molecule has 1 aromatic rings. The number of benzene rings is 1. The molecule has 1 aromatic carbocycles. The summed E-state index contributed by atoms with van der Waals surface area (Å²) < 4.78 is 13.0. The average Bonchev–Trinajstić information content (AvgIpc) is 2.32. The molecule has 1 aliphatic carbocycles. The lowest BCUT2D eigenvalue weighted by atomic mass is 9.85. The van der Waals surface area contributed by atoms with Gasteiger partial charge in [-0.2, -0.15) is 0 Å². The zero-order valence-electron chi connectivity index (χ0n) is 9.58. The Balaban J connectivity index is 1.90. The summed E-state index contributed by atoms with van der Waals surface area (Å²) in [5.74, 6) is 0.755. The molecule has 0 heterocycles. The first-order chi connectivity index (χ1) is 7.75. The Morgan fingerprint density at radius 2 is 1.94 bits per heavy atom. The maximum Gasteiger partial charge on any atom is 0.123 e. The van der Waals surface area contributed by atoms with Crippen molar-refractivity contribution in [1.29, 1.82) is 0 Å². The van der Waals surface area contributed by atoms with Crippen LogP contribution in [0.25, 0.3) is 0 Å². The number of phenolic OH excluding ortho intramolecular Hbond substituents is 1. The predicted octanol–water partition coefficient (Wildman–Crippen LogP) is 4.04. The lowest BCUT2D eigenvalue weighted by molar-refractivity contribution is 0.337. The van der Waals surface area contributed by atoms with E-state index in [9.17, 15) is 9.50 Å². The van der Waals surface area contributed by atoms with E-state index >= 15 is 0 Å². The van der Waals surface area contributed by atoms with Gasteiger partial charge in [-0.05, 0) is 42.5 Å². The summed E-state index contributed by atoms with van der Waals surface area (Å²) in [5.41, 5.74) is 0.755. The van der Waals surface area contributed by atoms with E-state index in [1.54, 1.807) is 0 Å². The molecule has 2 rings (SSSR count). The maximum atomic E-state index is 13.0. The minimum atomic E-state index is -0.253. The number of aryl methyl sites for hydroxylation is 1. The largest absolute Gasteiger partial charge is 0.508 e. The molecule has 1 nitrogen and oxygen atoms in total. The van der Waals surface area contributed by atoms with Gasteiger partial charge in [0.25, 0.3) is 0 Å². The average molecular weight is 222 g/mol. The van der Waals surface area contributed by atoms with E-state index < -0.39 is 0 Å². The third kappa shape index (κ3) is 2.97. The molecule has 0 radical (unpaired) electrons. The quantitative estimate of drug-likeness (QED) is 0.818. The monoisotopic (exact) mass is 222 g/mol. The first-order valence-electron chi connectivity index (χ1n) is 6.23. The highest BCUT2D eigenvalue weighted by atomic mass is 19.1. The fourth-order valence-corrected chi connectivity index (χ4v) is 2.59. The van der Waals surface area contributed by atoms with Crippen molar-refractivity contribution in [2.24, 2.45) is 5.92 Å². The first kappa shape index (κ1) is 11.4. The number of halogens is 1. The molecule has 0 unspecified atom stereocenters. The third-order valence-corrected chi connectivity index (χ3v) is 3.59. The molecule has 88 valence electrons. The van der Waals surface area contributed by atoms with Crippen molar-refractivity contribution in [1.82, 2.24) is 0 Å². The summed E-state index contributed by atoms with van der Waals surface area (Å²) in [7, 11) is 0. The summed E-state index contributed by atoms with van der Waals surface area (Å²) in [6, 6.07) is 4.21. The zero-order chi connectivity index (χ0) is 11.4. The Morgan fingerprint density at radius 3 is 2.69 bits per heavy atom. The third-order valence-electron chi connectivity index (χ3n) is 3.59. The molecule has 0 aliphatic heterocycles. The Labute approximate surface area is 96.3 Å². The van der Waals surface area contributed by atoms with E-state index in [0.717, 1.165) is 24.3 Å². The van der Waals surface area contributed by atoms with Crippen molar-refractivity contribution in [2.75, 3.05) is 0 Å². The molecule has 1 saturated carbocycles. The molecule has 16 heavy (non-hydrogen) atoms. The van der Waals surface area contributed by atoms with Gasteiger partial charge in [-0.15, -0.1) is 0 Å². The van der Waals surface area contributed by atoms with E-state index in [1.165, 1.54) is 50.3 Å². The number of rotatable bonds is 3. The van der Waals surface area contributed by atoms with Crippen LogP contribution in [-0.4, -0.2) is 5.11 Å². The second-order valence-corrected chi connectivity index (χ2v) is 4.82. The minimum Gasteiger partial charge on any atom is -0.508 e. The van der Waals surface area contributed by atoms with Gasteiger partial charge in [-0.1, -0.05) is 32.1 Å². The number of hydrogen-bond acceptors (Lipinski definition) is 1. The van der Waals surface area contributed by atoms with E-state index in [1.807, 2.05) is 0 Å². The number of phenols is 1. The van der Waals surface area contributed by atoms with Crippen LogP contribution in [-0.2, 0) is 6.42 Å². The van der Waals surface area contributed by atoms with Crippen molar-refractivity contribution in [3.8, 4) is 5.75 Å². The van der Waals surface area contributed by atoms with E-state index in [2.05, 4.69) is 0 Å². The topological polar surface area (TPSA) is 20.2 Å².